The number of nitrogens with one attached hydrogen (secondary N) is 2. The van der Waals surface area contributed by atoms with Gasteiger partial charge in [-0.2, -0.15) is 11.3 Å². The first kappa shape index (κ1) is 16.0. The molecule has 1 aromatic heterocycles. The third-order valence-corrected chi connectivity index (χ3v) is 4.83. The van der Waals surface area contributed by atoms with E-state index < -0.39 is 10.0 Å². The Morgan fingerprint density at radius 2 is 1.76 bits per heavy atom. The van der Waals surface area contributed by atoms with Gasteiger partial charge in [-0.1, -0.05) is 38.1 Å². The van der Waals surface area contributed by atoms with Gasteiger partial charge in [-0.15, -0.1) is 0 Å². The molecule has 0 bridgehead atoms. The van der Waals surface area contributed by atoms with Crippen molar-refractivity contribution in [1.29, 1.82) is 0 Å². The van der Waals surface area contributed by atoms with E-state index in [9.17, 15) is 8.42 Å². The number of sulfonamides is 1. The van der Waals surface area contributed by atoms with Crippen molar-refractivity contribution in [2.45, 2.75) is 32.2 Å². The van der Waals surface area contributed by atoms with Crippen molar-refractivity contribution in [3.8, 4) is 0 Å². The standard InChI is InChI=1S/C15H20N2O2S2/c1-12(2)16-9-13-3-5-14(6-4-13)11-21(18,19)17-15-7-8-20-10-15/h3-8,10,12,16-17H,9,11H2,1-2H3. The molecular weight excluding hydrogens is 304 g/mol. The molecule has 2 rings (SSSR count). The fourth-order valence-electron chi connectivity index (χ4n) is 1.83. The molecule has 2 aromatic rings. The molecule has 0 atom stereocenters. The van der Waals surface area contributed by atoms with Crippen molar-refractivity contribution >= 4 is 27.0 Å². The van der Waals surface area contributed by atoms with Gasteiger partial charge in [-0.05, 0) is 22.6 Å². The molecule has 0 unspecified atom stereocenters. The van der Waals surface area contributed by atoms with Crippen LogP contribution < -0.4 is 10.0 Å². The lowest BCUT2D eigenvalue weighted by molar-refractivity contribution is 0.589. The number of thiophene rings is 1. The zero-order valence-electron chi connectivity index (χ0n) is 12.2. The highest BCUT2D eigenvalue weighted by Crippen LogP contribution is 2.16. The number of hydrogen-bond donors (Lipinski definition) is 2. The summed E-state index contributed by atoms with van der Waals surface area (Å²) in [5.41, 5.74) is 2.56. The van der Waals surface area contributed by atoms with Crippen molar-refractivity contribution in [2.75, 3.05) is 4.72 Å². The summed E-state index contributed by atoms with van der Waals surface area (Å²) >= 11 is 1.46. The predicted molar refractivity (Wildman–Crippen MR) is 89.0 cm³/mol. The van der Waals surface area contributed by atoms with Crippen LogP contribution in [-0.4, -0.2) is 14.5 Å². The van der Waals surface area contributed by atoms with E-state index in [4.69, 9.17) is 0 Å². The lowest BCUT2D eigenvalue weighted by Crippen LogP contribution is -2.21. The van der Waals surface area contributed by atoms with Crippen molar-refractivity contribution in [3.05, 3.63) is 52.2 Å². The highest BCUT2D eigenvalue weighted by molar-refractivity contribution is 7.91. The summed E-state index contributed by atoms with van der Waals surface area (Å²) in [6.45, 7) is 4.98. The molecule has 0 fully saturated rings. The molecule has 4 nitrogen and oxygen atoms in total. The van der Waals surface area contributed by atoms with Crippen LogP contribution in [0.2, 0.25) is 0 Å². The van der Waals surface area contributed by atoms with Gasteiger partial charge >= 0.3 is 0 Å². The Bertz CT molecular complexity index is 647. The molecule has 2 N–H and O–H groups in total. The zero-order chi connectivity index (χ0) is 15.3. The monoisotopic (exact) mass is 324 g/mol. The van der Waals surface area contributed by atoms with Gasteiger partial charge in [0, 0.05) is 18.0 Å². The van der Waals surface area contributed by atoms with Crippen LogP contribution in [0.15, 0.2) is 41.1 Å². The van der Waals surface area contributed by atoms with Crippen molar-refractivity contribution in [2.24, 2.45) is 0 Å². The van der Waals surface area contributed by atoms with Gasteiger partial charge < -0.3 is 5.32 Å². The van der Waals surface area contributed by atoms with Crippen LogP contribution >= 0.6 is 11.3 Å². The second kappa shape index (κ2) is 7.06. The maximum Gasteiger partial charge on any atom is 0.236 e. The van der Waals surface area contributed by atoms with E-state index in [-0.39, 0.29) is 5.75 Å². The molecule has 1 heterocycles. The van der Waals surface area contributed by atoms with Crippen LogP contribution in [0.1, 0.15) is 25.0 Å². The molecule has 0 aliphatic heterocycles. The zero-order valence-corrected chi connectivity index (χ0v) is 13.8. The maximum atomic E-state index is 12.0. The summed E-state index contributed by atoms with van der Waals surface area (Å²) in [5.74, 6) is -0.0132. The quantitative estimate of drug-likeness (QED) is 0.822. The Morgan fingerprint density at radius 1 is 1.10 bits per heavy atom. The number of benzene rings is 1. The molecular formula is C15H20N2O2S2. The minimum Gasteiger partial charge on any atom is -0.310 e. The molecule has 21 heavy (non-hydrogen) atoms. The number of rotatable bonds is 7. The average Bonchev–Trinajstić information content (AvgIpc) is 2.89. The van der Waals surface area contributed by atoms with Gasteiger partial charge in [-0.3, -0.25) is 4.72 Å². The van der Waals surface area contributed by atoms with Gasteiger partial charge in [-0.25, -0.2) is 8.42 Å². The highest BCUT2D eigenvalue weighted by atomic mass is 32.2. The predicted octanol–water partition coefficient (Wildman–Crippen LogP) is 3.19. The Kier molecular flexibility index (Phi) is 5.39. The Labute approximate surface area is 130 Å². The van der Waals surface area contributed by atoms with Gasteiger partial charge in [0.2, 0.25) is 10.0 Å². The van der Waals surface area contributed by atoms with Crippen LogP contribution in [0.3, 0.4) is 0 Å². The first-order valence-electron chi connectivity index (χ1n) is 6.78. The third-order valence-electron chi connectivity index (χ3n) is 2.89. The van der Waals surface area contributed by atoms with Crippen LogP contribution in [-0.2, 0) is 22.3 Å². The summed E-state index contributed by atoms with van der Waals surface area (Å²) in [6, 6.07) is 9.84. The minimum absolute atomic E-state index is 0.0132. The molecule has 0 aliphatic rings. The maximum absolute atomic E-state index is 12.0. The van der Waals surface area contributed by atoms with E-state index in [1.165, 1.54) is 11.3 Å². The lowest BCUT2D eigenvalue weighted by Gasteiger charge is -2.09. The Balaban J connectivity index is 1.96. The second-order valence-corrected chi connectivity index (χ2v) is 7.73. The fourth-order valence-corrected chi connectivity index (χ4v) is 3.68. The van der Waals surface area contributed by atoms with Gasteiger partial charge in [0.05, 0.1) is 11.4 Å². The summed E-state index contributed by atoms with van der Waals surface area (Å²) < 4.78 is 26.7. The smallest absolute Gasteiger partial charge is 0.236 e. The van der Waals surface area contributed by atoms with Gasteiger partial charge in [0.25, 0.3) is 0 Å². The van der Waals surface area contributed by atoms with Crippen LogP contribution in [0.5, 0.6) is 0 Å². The molecule has 0 saturated carbocycles. The molecule has 114 valence electrons. The van der Waals surface area contributed by atoms with Crippen molar-refractivity contribution in [1.82, 2.24) is 5.32 Å². The van der Waals surface area contributed by atoms with Gasteiger partial charge in [0.15, 0.2) is 0 Å². The van der Waals surface area contributed by atoms with E-state index in [2.05, 4.69) is 23.9 Å². The molecule has 0 amide bonds. The minimum atomic E-state index is -3.36. The van der Waals surface area contributed by atoms with Gasteiger partial charge in [0.1, 0.15) is 0 Å². The van der Waals surface area contributed by atoms with E-state index in [1.807, 2.05) is 29.6 Å². The Morgan fingerprint density at radius 3 is 2.33 bits per heavy atom. The number of anilines is 1. The van der Waals surface area contributed by atoms with Crippen molar-refractivity contribution < 1.29 is 8.42 Å². The number of hydrogen-bond acceptors (Lipinski definition) is 4. The average molecular weight is 324 g/mol. The summed E-state index contributed by atoms with van der Waals surface area (Å²) in [4.78, 5) is 0. The molecule has 6 heteroatoms. The molecule has 0 spiro atoms. The molecule has 0 saturated heterocycles. The first-order valence-corrected chi connectivity index (χ1v) is 9.38. The third kappa shape index (κ3) is 5.49. The summed E-state index contributed by atoms with van der Waals surface area (Å²) in [7, 11) is -3.36. The van der Waals surface area contributed by atoms with Crippen LogP contribution in [0.4, 0.5) is 5.69 Å². The lowest BCUT2D eigenvalue weighted by atomic mass is 10.1. The normalized spacial score (nSPS) is 11.8. The van der Waals surface area contributed by atoms with E-state index in [0.717, 1.165) is 17.7 Å². The van der Waals surface area contributed by atoms with E-state index in [1.54, 1.807) is 11.4 Å². The largest absolute Gasteiger partial charge is 0.310 e. The first-order chi connectivity index (χ1) is 9.94. The molecule has 0 radical (unpaired) electrons. The Hall–Kier alpha value is -1.37. The molecule has 1 aromatic carbocycles. The highest BCUT2D eigenvalue weighted by Gasteiger charge is 2.12. The van der Waals surface area contributed by atoms with Crippen LogP contribution in [0.25, 0.3) is 0 Å². The van der Waals surface area contributed by atoms with Crippen LogP contribution in [0, 0.1) is 0 Å². The van der Waals surface area contributed by atoms with Crippen molar-refractivity contribution in [3.63, 3.8) is 0 Å². The van der Waals surface area contributed by atoms with E-state index in [0.29, 0.717) is 11.7 Å². The SMILES string of the molecule is CC(C)NCc1ccc(CS(=O)(=O)Nc2ccsc2)cc1. The molecule has 0 aliphatic carbocycles. The van der Waals surface area contributed by atoms with E-state index >= 15 is 0 Å². The second-order valence-electron chi connectivity index (χ2n) is 5.23. The topological polar surface area (TPSA) is 58.2 Å². The summed E-state index contributed by atoms with van der Waals surface area (Å²) in [5, 5.41) is 6.95. The summed E-state index contributed by atoms with van der Waals surface area (Å²) in [6.07, 6.45) is 0. The fraction of sp³-hybridized carbons (Fsp3) is 0.333.